The van der Waals surface area contributed by atoms with Gasteiger partial charge in [0.05, 0.1) is 0 Å². The van der Waals surface area contributed by atoms with E-state index in [-0.39, 0.29) is 0 Å². The maximum Gasteiger partial charge on any atom is 0.114 e. The molecule has 148 valence electrons. The van der Waals surface area contributed by atoms with Crippen molar-refractivity contribution < 1.29 is 0 Å². The van der Waals surface area contributed by atoms with E-state index >= 15 is 0 Å². The van der Waals surface area contributed by atoms with Crippen molar-refractivity contribution in [1.82, 2.24) is 0 Å². The van der Waals surface area contributed by atoms with Crippen molar-refractivity contribution >= 4 is 29.4 Å². The zero-order valence-corrected chi connectivity index (χ0v) is 23.4. The normalized spacial score (nSPS) is 13.5. The first-order chi connectivity index (χ1) is 11.3. The van der Waals surface area contributed by atoms with Crippen molar-refractivity contribution in [3.05, 3.63) is 0 Å². The van der Waals surface area contributed by atoms with E-state index in [1.54, 1.807) is 0 Å². The Labute approximate surface area is 164 Å². The first kappa shape index (κ1) is 25.4. The summed E-state index contributed by atoms with van der Waals surface area (Å²) >= 11 is 0. The molecule has 0 aromatic carbocycles. The number of unbranched alkanes of at least 4 members (excludes halogenated alkanes) is 8. The smallest absolute Gasteiger partial charge is 0.114 e. The molecule has 0 bridgehead atoms. The van der Waals surface area contributed by atoms with Gasteiger partial charge in [-0.2, -0.15) is 0 Å². The molecule has 0 N–H and O–H groups in total. The van der Waals surface area contributed by atoms with Gasteiger partial charge in [0.2, 0.25) is 0 Å². The summed E-state index contributed by atoms with van der Waals surface area (Å²) in [7, 11) is -3.64. The second-order valence-electron chi connectivity index (χ2n) is 11.0. The first-order valence-corrected chi connectivity index (χ1v) is 26.3. The molecular formula is C21H48Si4. The molecule has 0 aromatic rings. The van der Waals surface area contributed by atoms with E-state index in [9.17, 15) is 0 Å². The van der Waals surface area contributed by atoms with Crippen molar-refractivity contribution in [3.8, 4) is 11.5 Å². The summed E-state index contributed by atoms with van der Waals surface area (Å²) in [4.78, 5) is 0. The average molecular weight is 413 g/mol. The Hall–Kier alpha value is 0.428. The molecule has 0 aliphatic carbocycles. The second-order valence-corrected chi connectivity index (χ2v) is 51.0. The molecule has 0 nitrogen and oxygen atoms in total. The summed E-state index contributed by atoms with van der Waals surface area (Å²) in [6.45, 7) is 24.6. The van der Waals surface area contributed by atoms with E-state index < -0.39 is 29.4 Å². The molecule has 4 heteroatoms. The molecule has 0 amide bonds. The zero-order valence-electron chi connectivity index (χ0n) is 19.4. The van der Waals surface area contributed by atoms with Gasteiger partial charge in [-0.15, -0.1) is 11.5 Å². The van der Waals surface area contributed by atoms with Crippen LogP contribution in [0.2, 0.25) is 58.9 Å². The lowest BCUT2D eigenvalue weighted by Gasteiger charge is -2.53. The molecule has 0 saturated carbocycles. The van der Waals surface area contributed by atoms with Crippen LogP contribution < -0.4 is 0 Å². The van der Waals surface area contributed by atoms with Crippen LogP contribution >= 0.6 is 0 Å². The lowest BCUT2D eigenvalue weighted by Crippen LogP contribution is -2.82. The van der Waals surface area contributed by atoms with Gasteiger partial charge in [-0.3, -0.25) is 0 Å². The monoisotopic (exact) mass is 412 g/mol. The molecule has 0 fully saturated rings. The van der Waals surface area contributed by atoms with Crippen LogP contribution in [-0.2, 0) is 0 Å². The third kappa shape index (κ3) is 7.52. The summed E-state index contributed by atoms with van der Waals surface area (Å²) < 4.78 is 0. The molecule has 0 aliphatic heterocycles. The van der Waals surface area contributed by atoms with Gasteiger partial charge in [0.1, 0.15) is 6.63 Å². The highest BCUT2D eigenvalue weighted by atomic mass is 29.9. The maximum absolute atomic E-state index is 4.15. The summed E-state index contributed by atoms with van der Waals surface area (Å²) in [5.41, 5.74) is 4.15. The summed E-state index contributed by atoms with van der Waals surface area (Å²) in [5.74, 6) is 3.77. The van der Waals surface area contributed by atoms with Crippen LogP contribution in [0.3, 0.4) is 0 Å². The second kappa shape index (κ2) is 10.7. The predicted molar refractivity (Wildman–Crippen MR) is 131 cm³/mol. The van der Waals surface area contributed by atoms with E-state index in [1.807, 2.05) is 0 Å². The Balaban J connectivity index is 4.80. The van der Waals surface area contributed by atoms with Gasteiger partial charge in [0.15, 0.2) is 0 Å². The molecule has 0 unspecified atom stereocenters. The molecule has 0 rings (SSSR count). The Morgan fingerprint density at radius 2 is 0.880 bits per heavy atom. The highest BCUT2D eigenvalue weighted by Crippen LogP contribution is 2.36. The minimum Gasteiger partial charge on any atom is -0.140 e. The number of hydrogen-bond acceptors (Lipinski definition) is 0. The molecule has 0 aromatic heterocycles. The van der Waals surface area contributed by atoms with Crippen molar-refractivity contribution in [3.63, 3.8) is 0 Å². The van der Waals surface area contributed by atoms with E-state index in [0.717, 1.165) is 6.42 Å². The molecule has 0 heterocycles. The minimum atomic E-state index is -1.44. The molecular weight excluding hydrogens is 365 g/mol. The zero-order chi connectivity index (χ0) is 19.8. The van der Waals surface area contributed by atoms with Gasteiger partial charge >= 0.3 is 0 Å². The third-order valence-electron chi connectivity index (χ3n) is 5.81. The Morgan fingerprint density at radius 3 is 1.24 bits per heavy atom. The first-order valence-electron chi connectivity index (χ1n) is 10.8. The summed E-state index contributed by atoms with van der Waals surface area (Å²) in [5, 5.41) is 0. The fourth-order valence-corrected chi connectivity index (χ4v) is 98.9. The average Bonchev–Trinajstić information content (AvgIpc) is 2.40. The van der Waals surface area contributed by atoms with Crippen LogP contribution in [0.4, 0.5) is 0 Å². The fourth-order valence-electron chi connectivity index (χ4n) is 5.48. The van der Waals surface area contributed by atoms with Crippen LogP contribution in [0.25, 0.3) is 0 Å². The quantitative estimate of drug-likeness (QED) is 0.185. The molecule has 0 atom stereocenters. The molecule has 0 spiro atoms. The van der Waals surface area contributed by atoms with Gasteiger partial charge in [-0.25, -0.2) is 0 Å². The SMILES string of the molecule is CCCCCCCCCCC#C[Si]([Si](C)(C)C)([Si](C)(C)C)[Si](C)(C)C. The molecule has 0 aliphatic rings. The van der Waals surface area contributed by atoms with Gasteiger partial charge in [0, 0.05) is 29.2 Å². The highest BCUT2D eigenvalue weighted by Gasteiger charge is 2.61. The van der Waals surface area contributed by atoms with Crippen molar-refractivity contribution in [2.24, 2.45) is 0 Å². The van der Waals surface area contributed by atoms with Crippen LogP contribution in [0.5, 0.6) is 0 Å². The molecule has 0 radical (unpaired) electrons. The maximum atomic E-state index is 4.15. The Bertz CT molecular complexity index is 388. The van der Waals surface area contributed by atoms with Crippen molar-refractivity contribution in [2.75, 3.05) is 0 Å². The lowest BCUT2D eigenvalue weighted by molar-refractivity contribution is 0.579. The summed E-state index contributed by atoms with van der Waals surface area (Å²) in [6.07, 6.45) is 12.4. The number of rotatable bonds is 11. The summed E-state index contributed by atoms with van der Waals surface area (Å²) in [6, 6.07) is 0. The van der Waals surface area contributed by atoms with Gasteiger partial charge in [0.25, 0.3) is 0 Å². The number of hydrogen-bond donors (Lipinski definition) is 0. The van der Waals surface area contributed by atoms with Crippen LogP contribution in [0.15, 0.2) is 0 Å². The Kier molecular flexibility index (Phi) is 10.9. The minimum absolute atomic E-state index is 1.16. The van der Waals surface area contributed by atoms with Crippen LogP contribution in [-0.4, -0.2) is 29.4 Å². The fraction of sp³-hybridized carbons (Fsp3) is 0.905. The van der Waals surface area contributed by atoms with E-state index in [0.29, 0.717) is 0 Å². The predicted octanol–water partition coefficient (Wildman–Crippen LogP) is 7.76. The van der Waals surface area contributed by atoms with Crippen molar-refractivity contribution in [1.29, 1.82) is 0 Å². The lowest BCUT2D eigenvalue weighted by atomic mass is 10.1. The van der Waals surface area contributed by atoms with Crippen LogP contribution in [0.1, 0.15) is 64.7 Å². The topological polar surface area (TPSA) is 0 Å². The highest BCUT2D eigenvalue weighted by molar-refractivity contribution is 7.91. The Morgan fingerprint density at radius 1 is 0.520 bits per heavy atom. The van der Waals surface area contributed by atoms with E-state index in [4.69, 9.17) is 0 Å². The van der Waals surface area contributed by atoms with E-state index in [1.165, 1.54) is 51.4 Å². The largest absolute Gasteiger partial charge is 0.140 e. The molecule has 25 heavy (non-hydrogen) atoms. The third-order valence-corrected chi connectivity index (χ3v) is 75.0. The van der Waals surface area contributed by atoms with E-state index in [2.05, 4.69) is 77.3 Å². The molecule has 0 saturated heterocycles. The van der Waals surface area contributed by atoms with Gasteiger partial charge in [-0.1, -0.05) is 111 Å². The van der Waals surface area contributed by atoms with Crippen molar-refractivity contribution in [2.45, 2.75) is 124 Å². The van der Waals surface area contributed by atoms with Crippen LogP contribution in [0, 0.1) is 11.5 Å². The standard InChI is InChI=1S/C21H48Si4/c1-11-12-13-14-15-16-17-18-19-20-21-25(22(2,3)4,23(5,6)7)24(8,9)10/h11-19H2,1-10H3. The van der Waals surface area contributed by atoms with Gasteiger partial charge < -0.3 is 0 Å². The van der Waals surface area contributed by atoms with Gasteiger partial charge in [-0.05, 0) is 6.42 Å².